The van der Waals surface area contributed by atoms with E-state index in [0.29, 0.717) is 29.6 Å². The van der Waals surface area contributed by atoms with Gasteiger partial charge in [-0.2, -0.15) is 0 Å². The van der Waals surface area contributed by atoms with Crippen molar-refractivity contribution >= 4 is 11.9 Å². The van der Waals surface area contributed by atoms with Gasteiger partial charge < -0.3 is 19.7 Å². The zero-order chi connectivity index (χ0) is 26.3. The van der Waals surface area contributed by atoms with Crippen molar-refractivity contribution in [3.8, 4) is 0 Å². The fourth-order valence-electron chi connectivity index (χ4n) is 9.19. The number of hydrogen-bond donors (Lipinski definition) is 1. The van der Waals surface area contributed by atoms with Crippen molar-refractivity contribution in [2.75, 3.05) is 0 Å². The van der Waals surface area contributed by atoms with Gasteiger partial charge in [-0.3, -0.25) is 4.79 Å². The molecule has 0 saturated heterocycles. The number of carboxylic acid groups (broad SMARTS) is 1. The Kier molecular flexibility index (Phi) is 10.5. The molecule has 0 aromatic rings. The van der Waals surface area contributed by atoms with Crippen LogP contribution in [0.2, 0.25) is 0 Å². The maximum Gasteiger partial charge on any atom is 1.00 e. The predicted molar refractivity (Wildman–Crippen MR) is 139 cm³/mol. The van der Waals surface area contributed by atoms with Crippen molar-refractivity contribution in [2.45, 2.75) is 124 Å². The number of fused-ring (bicyclic) bond motifs is 5. The first-order chi connectivity index (χ1) is 17.0. The second kappa shape index (κ2) is 12.4. The summed E-state index contributed by atoms with van der Waals surface area (Å²) in [5.41, 5.74) is 1.63. The van der Waals surface area contributed by atoms with Gasteiger partial charge in [0.15, 0.2) is 0 Å². The average Bonchev–Trinajstić information content (AvgIpc) is 3.15. The smallest absolute Gasteiger partial charge is 0.550 e. The van der Waals surface area contributed by atoms with Crippen molar-refractivity contribution in [2.24, 2.45) is 46.3 Å². The molecule has 204 valence electrons. The fourth-order valence-corrected chi connectivity index (χ4v) is 9.19. The molecule has 5 unspecified atom stereocenters. The maximum absolute atomic E-state index is 12.1. The molecule has 0 amide bonds. The second-order valence-corrected chi connectivity index (χ2v) is 13.6. The third-order valence-corrected chi connectivity index (χ3v) is 11.1. The van der Waals surface area contributed by atoms with Crippen LogP contribution in [0.3, 0.4) is 0 Å². The Morgan fingerprint density at radius 2 is 1.78 bits per heavy atom. The fraction of sp³-hybridized carbons (Fsp3) is 0.871. The molecule has 5 nitrogen and oxygen atoms in total. The summed E-state index contributed by atoms with van der Waals surface area (Å²) in [6.07, 6.45) is 12.4. The first-order valence-corrected chi connectivity index (χ1v) is 14.7. The molecule has 6 heteroatoms. The van der Waals surface area contributed by atoms with Gasteiger partial charge in [0.1, 0.15) is 6.10 Å². The van der Waals surface area contributed by atoms with Crippen LogP contribution >= 0.6 is 0 Å². The zero-order valence-electron chi connectivity index (χ0n) is 24.3. The van der Waals surface area contributed by atoms with Gasteiger partial charge in [0.05, 0.1) is 12.5 Å². The van der Waals surface area contributed by atoms with Crippen LogP contribution in [-0.2, 0) is 14.3 Å². The molecule has 37 heavy (non-hydrogen) atoms. The molecular weight excluding hydrogens is 475 g/mol. The summed E-state index contributed by atoms with van der Waals surface area (Å²) in [6, 6.07) is 0. The Balaban J connectivity index is 0.00000380. The number of carbonyl (C=O) groups excluding carboxylic acids is 2. The average molecular weight is 525 g/mol. The third kappa shape index (κ3) is 6.36. The summed E-state index contributed by atoms with van der Waals surface area (Å²) in [5.74, 6) is 1.99. The van der Waals surface area contributed by atoms with Crippen LogP contribution in [0.15, 0.2) is 11.6 Å². The van der Waals surface area contributed by atoms with Crippen molar-refractivity contribution < 1.29 is 54.1 Å². The number of rotatable bonds is 9. The summed E-state index contributed by atoms with van der Waals surface area (Å²) >= 11 is 0. The van der Waals surface area contributed by atoms with Gasteiger partial charge in [0, 0.05) is 12.4 Å². The van der Waals surface area contributed by atoms with Crippen molar-refractivity contribution in [1.29, 1.82) is 0 Å². The van der Waals surface area contributed by atoms with Crippen LogP contribution in [0.5, 0.6) is 0 Å². The summed E-state index contributed by atoms with van der Waals surface area (Å²) in [7, 11) is 0. The van der Waals surface area contributed by atoms with Gasteiger partial charge in [0.2, 0.25) is 0 Å². The minimum absolute atomic E-state index is 0. The van der Waals surface area contributed by atoms with E-state index < -0.39 is 18.0 Å². The maximum atomic E-state index is 12.1. The monoisotopic (exact) mass is 524 g/mol. The minimum atomic E-state index is -1.23. The van der Waals surface area contributed by atoms with Gasteiger partial charge in [-0.1, -0.05) is 65.5 Å². The van der Waals surface area contributed by atoms with E-state index >= 15 is 0 Å². The molecule has 0 aromatic heterocycles. The standard InChI is InChI=1S/C31H50O5.Na/c1-19(2)7-6-8-20(3)23-9-10-24-29-25(14-16-31(23,24)5)30(4)15-13-22(17-21(30)18-26(29)32)36-28(35)12-11-27(33)34;/h18-20,22-26,29,32H,6-17H2,1-5H3,(H,33,34);/q;+1/p-1/t20-,22?,23-,24?,25?,26?,29?,30+,31-;/m1./s1. The van der Waals surface area contributed by atoms with Crippen LogP contribution in [0.25, 0.3) is 0 Å². The molecule has 4 aliphatic carbocycles. The summed E-state index contributed by atoms with van der Waals surface area (Å²) in [5, 5.41) is 22.2. The van der Waals surface area contributed by atoms with Gasteiger partial charge in [-0.15, -0.1) is 0 Å². The molecule has 0 aliphatic heterocycles. The van der Waals surface area contributed by atoms with E-state index in [0.717, 1.165) is 30.6 Å². The van der Waals surface area contributed by atoms with Crippen molar-refractivity contribution in [1.82, 2.24) is 0 Å². The molecule has 9 atom stereocenters. The molecule has 1 N–H and O–H groups in total. The molecule has 3 fully saturated rings. The van der Waals surface area contributed by atoms with Crippen LogP contribution in [0.4, 0.5) is 0 Å². The van der Waals surface area contributed by atoms with Crippen LogP contribution in [0, 0.1) is 46.3 Å². The minimum Gasteiger partial charge on any atom is -0.550 e. The molecule has 0 heterocycles. The Morgan fingerprint density at radius 1 is 1.05 bits per heavy atom. The number of aliphatic hydroxyl groups is 1. The summed E-state index contributed by atoms with van der Waals surface area (Å²) < 4.78 is 5.63. The Morgan fingerprint density at radius 3 is 2.46 bits per heavy atom. The van der Waals surface area contributed by atoms with E-state index in [1.807, 2.05) is 0 Å². The topological polar surface area (TPSA) is 86.7 Å². The van der Waals surface area contributed by atoms with Gasteiger partial charge in [0.25, 0.3) is 0 Å². The number of carboxylic acids is 1. The number of aliphatic hydroxyl groups excluding tert-OH is 1. The zero-order valence-corrected chi connectivity index (χ0v) is 26.3. The van der Waals surface area contributed by atoms with Crippen molar-refractivity contribution in [3.63, 3.8) is 0 Å². The van der Waals surface area contributed by atoms with E-state index in [1.54, 1.807) is 0 Å². The summed E-state index contributed by atoms with van der Waals surface area (Å²) in [6.45, 7) is 12.1. The predicted octanol–water partition coefficient (Wildman–Crippen LogP) is 2.44. The van der Waals surface area contributed by atoms with E-state index in [4.69, 9.17) is 4.74 Å². The molecule has 4 aliphatic rings. The van der Waals surface area contributed by atoms with Crippen molar-refractivity contribution in [3.05, 3.63) is 11.6 Å². The SMILES string of the molecule is CC(C)CCC[C@@H](C)[C@H]1CCC2C3C(O)C=C4CC(OC(=O)CCC(=O)[O-])CC[C@]4(C)C3CC[C@@]21C.[Na+]. The van der Waals surface area contributed by atoms with Crippen LogP contribution in [-0.4, -0.2) is 29.3 Å². The van der Waals surface area contributed by atoms with Gasteiger partial charge in [-0.25, -0.2) is 0 Å². The first kappa shape index (κ1) is 31.2. The van der Waals surface area contributed by atoms with Crippen LogP contribution < -0.4 is 34.7 Å². The van der Waals surface area contributed by atoms with Gasteiger partial charge in [-0.05, 0) is 91.3 Å². The van der Waals surface area contributed by atoms with Gasteiger partial charge >= 0.3 is 35.5 Å². The normalized spacial score (nSPS) is 39.5. The third-order valence-electron chi connectivity index (χ3n) is 11.1. The number of carbonyl (C=O) groups is 2. The second-order valence-electron chi connectivity index (χ2n) is 13.6. The molecule has 0 bridgehead atoms. The van der Waals surface area contributed by atoms with E-state index in [9.17, 15) is 19.8 Å². The number of aliphatic carboxylic acids is 1. The molecule has 3 saturated carbocycles. The van der Waals surface area contributed by atoms with Crippen LogP contribution in [0.1, 0.15) is 112 Å². The number of hydrogen-bond acceptors (Lipinski definition) is 5. The summed E-state index contributed by atoms with van der Waals surface area (Å²) in [4.78, 5) is 22.8. The number of esters is 1. The Bertz CT molecular complexity index is 855. The largest absolute Gasteiger partial charge is 1.00 e. The molecule has 0 aromatic carbocycles. The first-order valence-electron chi connectivity index (χ1n) is 14.7. The molecule has 0 radical (unpaired) electrons. The molecular formula is C31H49NaO5. The Labute approximate surface area is 246 Å². The molecule has 4 rings (SSSR count). The van der Waals surface area contributed by atoms with E-state index in [-0.39, 0.29) is 53.9 Å². The van der Waals surface area contributed by atoms with E-state index in [2.05, 4.69) is 40.7 Å². The van der Waals surface area contributed by atoms with E-state index in [1.165, 1.54) is 50.5 Å². The quantitative estimate of drug-likeness (QED) is 0.285. The Hall–Kier alpha value is -0.360. The molecule has 0 spiro atoms. The number of ether oxygens (including phenoxy) is 1.